The Morgan fingerprint density at radius 2 is 0.874 bits per heavy atom. The average molecular weight is 1200 g/mol. The fraction of sp³-hybridized carbons (Fsp3) is 0.179. The molecule has 0 amide bonds. The monoisotopic (exact) mass is 1200 g/mol. The van der Waals surface area contributed by atoms with Gasteiger partial charge in [0.15, 0.2) is 11.2 Å². The molecule has 5 aliphatic heterocycles. The van der Waals surface area contributed by atoms with E-state index in [4.69, 9.17) is 9.47 Å². The Kier molecular flexibility index (Phi) is 13.2. The smallest absolute Gasteiger partial charge is 0.187 e. The van der Waals surface area contributed by atoms with Gasteiger partial charge in [0.25, 0.3) is 0 Å². The molecule has 3 saturated heterocycles. The number of ether oxygens (including phenoxy) is 2. The third-order valence-corrected chi connectivity index (χ3v) is 23.6. The van der Waals surface area contributed by atoms with Crippen molar-refractivity contribution in [1.29, 1.82) is 0 Å². The lowest BCUT2D eigenvalue weighted by Gasteiger charge is -2.37. The highest BCUT2D eigenvalue weighted by atomic mass is 32.1. The maximum Gasteiger partial charge on any atom is 0.187 e. The second-order valence-electron chi connectivity index (χ2n) is 23.9. The summed E-state index contributed by atoms with van der Waals surface area (Å²) in [6.07, 6.45) is 16.8. The molecule has 0 N–H and O–H groups in total. The van der Waals surface area contributed by atoms with Crippen LogP contribution in [-0.4, -0.2) is 39.3 Å². The van der Waals surface area contributed by atoms with Gasteiger partial charge in [0.1, 0.15) is 11.5 Å². The molecule has 0 radical (unpaired) electrons. The fourth-order valence-corrected chi connectivity index (χ4v) is 18.4. The van der Waals surface area contributed by atoms with Crippen LogP contribution >= 0.6 is 45.3 Å². The summed E-state index contributed by atoms with van der Waals surface area (Å²) in [5.74, 6) is 1.79. The Hall–Kier alpha value is -8.44. The quantitative estimate of drug-likeness (QED) is 0.122. The lowest BCUT2D eigenvalue weighted by molar-refractivity contribution is 0.161. The Morgan fingerprint density at radius 1 is 0.356 bits per heavy atom. The van der Waals surface area contributed by atoms with Crippen molar-refractivity contribution in [1.82, 2.24) is 0 Å². The molecule has 5 aliphatic rings. The molecule has 3 fully saturated rings. The van der Waals surface area contributed by atoms with E-state index in [0.717, 1.165) is 78.6 Å². The Morgan fingerprint density at radius 3 is 1.54 bits per heavy atom. The molecule has 0 saturated carbocycles. The summed E-state index contributed by atoms with van der Waals surface area (Å²) < 4.78 is 14.9. The van der Waals surface area contributed by atoms with E-state index in [2.05, 4.69) is 251 Å². The summed E-state index contributed by atoms with van der Waals surface area (Å²) in [7, 11) is 0. The highest BCUT2D eigenvalue weighted by molar-refractivity contribution is 7.25. The van der Waals surface area contributed by atoms with Gasteiger partial charge in [0.05, 0.1) is 4.88 Å². The maximum atomic E-state index is 7.47. The van der Waals surface area contributed by atoms with Gasteiger partial charge in [-0.3, -0.25) is 0 Å². The summed E-state index contributed by atoms with van der Waals surface area (Å²) >= 11 is 7.34. The SMILES string of the molecule is C1=CC(c2ccc(N3CCCC3)cc2)(c2ccc(-c3cccs3)s2)Oc2ccc3c(-c4ccc(-c5ccc(-c6cccc(-c7cccc8ccc9c(c78)C=CC(c7ccc(N8CCCC8)cc7)(c7ccc(N8CCCC8)cc7)O9)c6)s5)s4)cccc3c21. The molecule has 9 heterocycles. The molecule has 9 heteroatoms. The fourth-order valence-electron chi connectivity index (χ4n) is 14.3. The maximum absolute atomic E-state index is 7.47. The van der Waals surface area contributed by atoms with E-state index in [1.807, 2.05) is 34.0 Å². The van der Waals surface area contributed by atoms with E-state index < -0.39 is 11.2 Å². The summed E-state index contributed by atoms with van der Waals surface area (Å²) in [5, 5.41) is 6.97. The first-order chi connectivity index (χ1) is 43.0. The molecule has 426 valence electrons. The minimum absolute atomic E-state index is 0.759. The van der Waals surface area contributed by atoms with Gasteiger partial charge in [-0.05, 0) is 210 Å². The zero-order valence-corrected chi connectivity index (χ0v) is 51.6. The van der Waals surface area contributed by atoms with E-state index in [0.29, 0.717) is 0 Å². The van der Waals surface area contributed by atoms with Gasteiger partial charge in [-0.1, -0.05) is 103 Å². The minimum Gasteiger partial charge on any atom is -0.473 e. The molecule has 87 heavy (non-hydrogen) atoms. The molecule has 17 rings (SSSR count). The number of nitrogens with zero attached hydrogens (tertiary/aromatic N) is 3. The van der Waals surface area contributed by atoms with Crippen molar-refractivity contribution < 1.29 is 9.47 Å². The standard InChI is InChI=1S/C78H63N3O2S4/c1-2-45-79(44-1)58-25-19-55(20-26-58)77(56-21-27-59(28-22-56)80-46-3-4-47-80)42-41-66-68(82-77)32-18-52-11-8-14-61(76(52)66)53-12-7-13-54(51-53)69-34-36-73(85-69)74-37-35-70(86-74)65-16-9-15-62-63(65)31-33-67-64(62)40-43-78(83-67,75-39-38-72(87-75)71-17-10-50-84-71)57-23-29-60(30-24-57)81-48-5-6-49-81/h7-43,50-51H,1-6,44-49H2. The third kappa shape index (κ3) is 9.27. The van der Waals surface area contributed by atoms with Gasteiger partial charge < -0.3 is 24.2 Å². The van der Waals surface area contributed by atoms with Crippen LogP contribution in [0.1, 0.15) is 71.2 Å². The van der Waals surface area contributed by atoms with E-state index >= 15 is 0 Å². The van der Waals surface area contributed by atoms with E-state index in [9.17, 15) is 0 Å². The van der Waals surface area contributed by atoms with Crippen molar-refractivity contribution in [2.45, 2.75) is 49.7 Å². The molecule has 0 aliphatic carbocycles. The third-order valence-electron chi connectivity index (χ3n) is 18.8. The number of rotatable bonds is 12. The molecule has 12 aromatic rings. The number of anilines is 3. The molecular formula is C78H63N3O2S4. The van der Waals surface area contributed by atoms with Crippen LogP contribution in [-0.2, 0) is 11.2 Å². The highest BCUT2D eigenvalue weighted by Crippen LogP contribution is 2.51. The molecular weight excluding hydrogens is 1140 g/mol. The normalized spacial score (nSPS) is 17.7. The zero-order chi connectivity index (χ0) is 57.5. The predicted molar refractivity (Wildman–Crippen MR) is 371 cm³/mol. The number of benzene rings is 8. The molecule has 8 aromatic carbocycles. The molecule has 1 unspecified atom stereocenters. The molecule has 5 nitrogen and oxygen atoms in total. The number of hydrogen-bond donors (Lipinski definition) is 0. The van der Waals surface area contributed by atoms with Crippen LogP contribution in [0.5, 0.6) is 11.5 Å². The lowest BCUT2D eigenvalue weighted by Crippen LogP contribution is -2.34. The number of thiophene rings is 4. The second-order valence-corrected chi connectivity index (χ2v) is 28.1. The van der Waals surface area contributed by atoms with Crippen molar-refractivity contribution in [2.24, 2.45) is 0 Å². The Balaban J connectivity index is 0.662. The Bertz CT molecular complexity index is 4550. The van der Waals surface area contributed by atoms with Crippen LogP contribution < -0.4 is 24.2 Å². The van der Waals surface area contributed by atoms with Crippen LogP contribution in [0.4, 0.5) is 17.1 Å². The lowest BCUT2D eigenvalue weighted by atomic mass is 9.82. The predicted octanol–water partition coefficient (Wildman–Crippen LogP) is 21.1. The van der Waals surface area contributed by atoms with Crippen LogP contribution in [0, 0.1) is 0 Å². The van der Waals surface area contributed by atoms with Crippen LogP contribution in [0.25, 0.3) is 85.2 Å². The molecule has 4 aromatic heterocycles. The van der Waals surface area contributed by atoms with Gasteiger partial charge in [0.2, 0.25) is 0 Å². The second kappa shape index (κ2) is 21.8. The van der Waals surface area contributed by atoms with Gasteiger partial charge >= 0.3 is 0 Å². The number of fused-ring (bicyclic) bond motifs is 6. The highest BCUT2D eigenvalue weighted by Gasteiger charge is 2.41. The van der Waals surface area contributed by atoms with Crippen molar-refractivity contribution in [3.8, 4) is 63.0 Å². The van der Waals surface area contributed by atoms with Gasteiger partial charge in [-0.25, -0.2) is 0 Å². The first-order valence-corrected chi connectivity index (χ1v) is 34.2. The summed E-state index contributed by atoms with van der Waals surface area (Å²) in [6.45, 7) is 6.71. The molecule has 0 bridgehead atoms. The van der Waals surface area contributed by atoms with Gasteiger partial charge in [0, 0.05) is 119 Å². The van der Waals surface area contributed by atoms with Crippen LogP contribution in [0.15, 0.2) is 224 Å². The van der Waals surface area contributed by atoms with Gasteiger partial charge in [-0.15, -0.1) is 45.3 Å². The van der Waals surface area contributed by atoms with Crippen molar-refractivity contribution in [2.75, 3.05) is 54.0 Å². The van der Waals surface area contributed by atoms with Crippen molar-refractivity contribution >= 4 is 96.1 Å². The van der Waals surface area contributed by atoms with Crippen molar-refractivity contribution in [3.63, 3.8) is 0 Å². The summed E-state index contributed by atoms with van der Waals surface area (Å²) in [5.41, 5.74) is 12.8. The van der Waals surface area contributed by atoms with E-state index in [-0.39, 0.29) is 0 Å². The van der Waals surface area contributed by atoms with E-state index in [1.54, 1.807) is 11.3 Å². The summed E-state index contributed by atoms with van der Waals surface area (Å²) in [6, 6.07) is 77.0. The summed E-state index contributed by atoms with van der Waals surface area (Å²) in [4.78, 5) is 16.3. The first-order valence-electron chi connectivity index (χ1n) is 30.9. The van der Waals surface area contributed by atoms with E-state index in [1.165, 1.54) is 134 Å². The first kappa shape index (κ1) is 52.9. The van der Waals surface area contributed by atoms with Crippen LogP contribution in [0.2, 0.25) is 0 Å². The van der Waals surface area contributed by atoms with Gasteiger partial charge in [-0.2, -0.15) is 0 Å². The van der Waals surface area contributed by atoms with Crippen LogP contribution in [0.3, 0.4) is 0 Å². The van der Waals surface area contributed by atoms with Crippen molar-refractivity contribution in [3.05, 3.63) is 256 Å². The number of hydrogen-bond acceptors (Lipinski definition) is 9. The molecule has 0 spiro atoms. The average Bonchev–Trinajstić information content (AvgIpc) is 2.09. The minimum atomic E-state index is -0.791. The topological polar surface area (TPSA) is 28.2 Å². The molecule has 1 atom stereocenters. The Labute approximate surface area is 525 Å². The largest absolute Gasteiger partial charge is 0.473 e. The zero-order valence-electron chi connectivity index (χ0n) is 48.3.